The quantitative estimate of drug-likeness (QED) is 0.576. The van der Waals surface area contributed by atoms with E-state index >= 15 is 0 Å². The molecular weight excluding hydrogens is 402 g/mol. The van der Waals surface area contributed by atoms with Gasteiger partial charge in [-0.3, -0.25) is 9.59 Å². The Morgan fingerprint density at radius 1 is 1.00 bits per heavy atom. The largest absolute Gasteiger partial charge is 0.483 e. The van der Waals surface area contributed by atoms with E-state index in [1.54, 1.807) is 19.1 Å². The zero-order valence-corrected chi connectivity index (χ0v) is 17.9. The first-order chi connectivity index (χ1) is 15.5. The Balaban J connectivity index is 1.49. The van der Waals surface area contributed by atoms with Gasteiger partial charge in [-0.25, -0.2) is 0 Å². The number of hydrogen-bond donors (Lipinski definition) is 1. The number of hydrazone groups is 1. The van der Waals surface area contributed by atoms with Crippen molar-refractivity contribution in [2.45, 2.75) is 13.8 Å². The fourth-order valence-corrected chi connectivity index (χ4v) is 3.38. The monoisotopic (exact) mass is 425 g/mol. The van der Waals surface area contributed by atoms with Gasteiger partial charge in [-0.2, -0.15) is 10.1 Å². The molecule has 1 heterocycles. The lowest BCUT2D eigenvalue weighted by Gasteiger charge is -2.12. The van der Waals surface area contributed by atoms with Crippen LogP contribution < -0.4 is 15.1 Å². The van der Waals surface area contributed by atoms with Crippen LogP contribution in [0.1, 0.15) is 18.1 Å². The van der Waals surface area contributed by atoms with Gasteiger partial charge in [-0.15, -0.1) is 0 Å². The third kappa shape index (κ3) is 4.75. The average Bonchev–Trinajstić information content (AvgIpc) is 3.07. The van der Waals surface area contributed by atoms with Gasteiger partial charge in [0.2, 0.25) is 0 Å². The van der Waals surface area contributed by atoms with Crippen LogP contribution in [0.5, 0.6) is 5.75 Å². The second-order valence-corrected chi connectivity index (χ2v) is 7.44. The number of ether oxygens (including phenoxy) is 1. The SMILES string of the molecule is CC1=NN(c2ccccc2)C(=O)/C1=C/c1ccccc1OCC(=O)Nc1cccc(C)c1. The molecule has 0 spiro atoms. The summed E-state index contributed by atoms with van der Waals surface area (Å²) < 4.78 is 5.77. The highest BCUT2D eigenvalue weighted by Gasteiger charge is 2.28. The van der Waals surface area contributed by atoms with Crippen LogP contribution in [0.3, 0.4) is 0 Å². The zero-order valence-electron chi connectivity index (χ0n) is 17.9. The van der Waals surface area contributed by atoms with Gasteiger partial charge in [-0.1, -0.05) is 48.5 Å². The third-order valence-electron chi connectivity index (χ3n) is 4.94. The number of nitrogens with one attached hydrogen (secondary N) is 1. The number of nitrogens with zero attached hydrogens (tertiary/aromatic N) is 2. The van der Waals surface area contributed by atoms with Crippen molar-refractivity contribution in [1.82, 2.24) is 0 Å². The number of para-hydroxylation sites is 2. The number of amides is 2. The first-order valence-electron chi connectivity index (χ1n) is 10.3. The van der Waals surface area contributed by atoms with Crippen molar-refractivity contribution in [2.24, 2.45) is 5.10 Å². The maximum absolute atomic E-state index is 13.0. The van der Waals surface area contributed by atoms with Crippen molar-refractivity contribution in [3.05, 3.63) is 95.6 Å². The molecule has 0 bridgehead atoms. The second kappa shape index (κ2) is 9.31. The maximum atomic E-state index is 13.0. The molecule has 1 aliphatic rings. The smallest absolute Gasteiger partial charge is 0.280 e. The highest BCUT2D eigenvalue weighted by Crippen LogP contribution is 2.27. The Bertz CT molecular complexity index is 1220. The predicted octanol–water partition coefficient (Wildman–Crippen LogP) is 4.82. The van der Waals surface area contributed by atoms with Crippen molar-refractivity contribution in [1.29, 1.82) is 0 Å². The summed E-state index contributed by atoms with van der Waals surface area (Å²) in [7, 11) is 0. The Kier molecular flexibility index (Phi) is 6.12. The molecule has 2 amide bonds. The van der Waals surface area contributed by atoms with Crippen molar-refractivity contribution >= 4 is 35.0 Å². The molecule has 160 valence electrons. The minimum absolute atomic E-state index is 0.148. The van der Waals surface area contributed by atoms with Crippen LogP contribution in [0.4, 0.5) is 11.4 Å². The molecule has 0 fully saturated rings. The van der Waals surface area contributed by atoms with Crippen molar-refractivity contribution in [3.8, 4) is 5.75 Å². The number of benzene rings is 3. The van der Waals surface area contributed by atoms with E-state index in [4.69, 9.17) is 4.74 Å². The van der Waals surface area contributed by atoms with E-state index in [-0.39, 0.29) is 18.4 Å². The van der Waals surface area contributed by atoms with E-state index in [1.165, 1.54) is 5.01 Å². The summed E-state index contributed by atoms with van der Waals surface area (Å²) in [6.07, 6.45) is 1.75. The summed E-state index contributed by atoms with van der Waals surface area (Å²) in [5.41, 5.74) is 4.28. The summed E-state index contributed by atoms with van der Waals surface area (Å²) in [5, 5.41) is 8.62. The molecule has 4 rings (SSSR count). The van der Waals surface area contributed by atoms with Gasteiger partial charge >= 0.3 is 0 Å². The first kappa shape index (κ1) is 21.1. The zero-order chi connectivity index (χ0) is 22.5. The molecule has 0 saturated heterocycles. The van der Waals surface area contributed by atoms with E-state index in [0.717, 1.165) is 11.3 Å². The lowest BCUT2D eigenvalue weighted by atomic mass is 10.1. The van der Waals surface area contributed by atoms with E-state index < -0.39 is 0 Å². The van der Waals surface area contributed by atoms with Crippen LogP contribution in [0, 0.1) is 6.92 Å². The van der Waals surface area contributed by atoms with Crippen molar-refractivity contribution in [3.63, 3.8) is 0 Å². The molecule has 0 saturated carbocycles. The van der Waals surface area contributed by atoms with Crippen LogP contribution >= 0.6 is 0 Å². The minimum atomic E-state index is -0.261. The van der Waals surface area contributed by atoms with Crippen LogP contribution in [0.25, 0.3) is 6.08 Å². The molecule has 3 aromatic rings. The molecule has 6 nitrogen and oxygen atoms in total. The summed E-state index contributed by atoms with van der Waals surface area (Å²) in [4.78, 5) is 25.3. The predicted molar refractivity (Wildman–Crippen MR) is 127 cm³/mol. The molecule has 0 aliphatic carbocycles. The van der Waals surface area contributed by atoms with Gasteiger partial charge in [0.15, 0.2) is 6.61 Å². The molecule has 0 unspecified atom stereocenters. The summed E-state index contributed by atoms with van der Waals surface area (Å²) in [5.74, 6) is 0.0434. The highest BCUT2D eigenvalue weighted by atomic mass is 16.5. The van der Waals surface area contributed by atoms with E-state index in [1.807, 2.05) is 79.7 Å². The van der Waals surface area contributed by atoms with Gasteiger partial charge in [-0.05, 0) is 55.8 Å². The topological polar surface area (TPSA) is 71.0 Å². The molecular formula is C26H23N3O3. The highest BCUT2D eigenvalue weighted by molar-refractivity contribution is 6.32. The van der Waals surface area contributed by atoms with Crippen LogP contribution in [-0.2, 0) is 9.59 Å². The number of rotatable bonds is 6. The van der Waals surface area contributed by atoms with Gasteiger partial charge in [0, 0.05) is 11.3 Å². The van der Waals surface area contributed by atoms with Crippen molar-refractivity contribution < 1.29 is 14.3 Å². The molecule has 0 aromatic heterocycles. The summed E-state index contributed by atoms with van der Waals surface area (Å²) in [6.45, 7) is 3.61. The van der Waals surface area contributed by atoms with Crippen LogP contribution in [0.2, 0.25) is 0 Å². The number of carbonyl (C=O) groups excluding carboxylic acids is 2. The average molecular weight is 425 g/mol. The molecule has 1 aliphatic heterocycles. The lowest BCUT2D eigenvalue weighted by molar-refractivity contribution is -0.118. The maximum Gasteiger partial charge on any atom is 0.280 e. The molecule has 3 aromatic carbocycles. The Labute approximate surface area is 186 Å². The lowest BCUT2D eigenvalue weighted by Crippen LogP contribution is -2.21. The first-order valence-corrected chi connectivity index (χ1v) is 10.3. The van der Waals surface area contributed by atoms with E-state index in [2.05, 4.69) is 10.4 Å². The Hall–Kier alpha value is -4.19. The number of hydrogen-bond acceptors (Lipinski definition) is 4. The standard InChI is InChI=1S/C26H23N3O3/c1-18-9-8-11-21(15-18)27-25(30)17-32-24-14-7-6-10-20(24)16-23-19(2)28-29(26(23)31)22-12-4-3-5-13-22/h3-16H,17H2,1-2H3,(H,27,30)/b23-16+. The van der Waals surface area contributed by atoms with Gasteiger partial charge in [0.05, 0.1) is 17.0 Å². The third-order valence-corrected chi connectivity index (χ3v) is 4.94. The minimum Gasteiger partial charge on any atom is -0.483 e. The van der Waals surface area contributed by atoms with Gasteiger partial charge < -0.3 is 10.1 Å². The van der Waals surface area contributed by atoms with Gasteiger partial charge in [0.1, 0.15) is 5.75 Å². The van der Waals surface area contributed by atoms with E-state index in [0.29, 0.717) is 28.3 Å². The fourth-order valence-electron chi connectivity index (χ4n) is 3.38. The Morgan fingerprint density at radius 3 is 2.53 bits per heavy atom. The summed E-state index contributed by atoms with van der Waals surface area (Å²) in [6, 6.07) is 24.1. The second-order valence-electron chi connectivity index (χ2n) is 7.44. The molecule has 0 atom stereocenters. The summed E-state index contributed by atoms with van der Waals surface area (Å²) >= 11 is 0. The normalized spacial score (nSPS) is 14.4. The number of aryl methyl sites for hydroxylation is 1. The Morgan fingerprint density at radius 2 is 1.75 bits per heavy atom. The van der Waals surface area contributed by atoms with Crippen molar-refractivity contribution in [2.75, 3.05) is 16.9 Å². The molecule has 32 heavy (non-hydrogen) atoms. The molecule has 0 radical (unpaired) electrons. The molecule has 6 heteroatoms. The number of carbonyl (C=O) groups is 2. The van der Waals surface area contributed by atoms with Crippen LogP contribution in [0.15, 0.2) is 89.5 Å². The fraction of sp³-hybridized carbons (Fsp3) is 0.115. The molecule has 1 N–H and O–H groups in total. The van der Waals surface area contributed by atoms with Gasteiger partial charge in [0.25, 0.3) is 11.8 Å². The van der Waals surface area contributed by atoms with Crippen LogP contribution in [-0.4, -0.2) is 24.1 Å². The number of anilines is 2. The van der Waals surface area contributed by atoms with E-state index in [9.17, 15) is 9.59 Å².